The van der Waals surface area contributed by atoms with Crippen LogP contribution in [0.1, 0.15) is 31.3 Å². The number of benzene rings is 1. The quantitative estimate of drug-likeness (QED) is 0.908. The summed E-state index contributed by atoms with van der Waals surface area (Å²) in [5, 5.41) is 3.98. The summed E-state index contributed by atoms with van der Waals surface area (Å²) in [7, 11) is 0. The summed E-state index contributed by atoms with van der Waals surface area (Å²) in [6, 6.07) is 5.96. The number of halogens is 1. The van der Waals surface area contributed by atoms with Crippen LogP contribution in [0.4, 0.5) is 0 Å². The van der Waals surface area contributed by atoms with E-state index < -0.39 is 0 Å². The molecule has 3 nitrogen and oxygen atoms in total. The molecule has 4 heteroatoms. The minimum absolute atomic E-state index is 0.115. The third-order valence-corrected chi connectivity index (χ3v) is 2.95. The maximum atomic E-state index is 6.04. The minimum Gasteiger partial charge on any atom is -0.439 e. The topological polar surface area (TPSA) is 38.1 Å². The van der Waals surface area contributed by atoms with E-state index in [1.165, 1.54) is 0 Å². The van der Waals surface area contributed by atoms with Gasteiger partial charge >= 0.3 is 0 Å². The molecular weight excluding hydrogens is 248 g/mol. The lowest BCUT2D eigenvalue weighted by molar-refractivity contribution is 0.429. The van der Waals surface area contributed by atoms with E-state index in [1.54, 1.807) is 6.20 Å². The Morgan fingerprint density at radius 1 is 1.39 bits per heavy atom. The number of oxazole rings is 1. The Labute approximate surface area is 112 Å². The van der Waals surface area contributed by atoms with Gasteiger partial charge in [-0.05, 0) is 44.2 Å². The standard InChI is InChI=1S/C14H17ClN2O/c1-4-16-10(3)14-17-8-13(18-14)11-5-9(2)6-12(15)7-11/h5-8,10,16H,4H2,1-3H3. The Bertz CT molecular complexity index is 516. The van der Waals surface area contributed by atoms with E-state index in [1.807, 2.05) is 32.0 Å². The predicted octanol–water partition coefficient (Wildman–Crippen LogP) is 3.97. The van der Waals surface area contributed by atoms with Crippen molar-refractivity contribution in [1.29, 1.82) is 0 Å². The number of hydrogen-bond acceptors (Lipinski definition) is 3. The fraction of sp³-hybridized carbons (Fsp3) is 0.357. The van der Waals surface area contributed by atoms with Gasteiger partial charge in [0, 0.05) is 10.6 Å². The van der Waals surface area contributed by atoms with E-state index in [9.17, 15) is 0 Å². The Morgan fingerprint density at radius 2 is 2.17 bits per heavy atom. The highest BCUT2D eigenvalue weighted by molar-refractivity contribution is 6.30. The molecule has 0 saturated carbocycles. The van der Waals surface area contributed by atoms with E-state index >= 15 is 0 Å². The molecule has 96 valence electrons. The number of nitrogens with zero attached hydrogens (tertiary/aromatic N) is 1. The largest absolute Gasteiger partial charge is 0.439 e. The van der Waals surface area contributed by atoms with Gasteiger partial charge < -0.3 is 9.73 Å². The molecule has 0 radical (unpaired) electrons. The molecule has 1 atom stereocenters. The van der Waals surface area contributed by atoms with Crippen LogP contribution < -0.4 is 5.32 Å². The van der Waals surface area contributed by atoms with Crippen molar-refractivity contribution in [1.82, 2.24) is 10.3 Å². The van der Waals surface area contributed by atoms with Crippen LogP contribution in [-0.4, -0.2) is 11.5 Å². The third-order valence-electron chi connectivity index (χ3n) is 2.73. The molecule has 2 rings (SSSR count). The number of aryl methyl sites for hydroxylation is 1. The molecule has 2 aromatic rings. The highest BCUT2D eigenvalue weighted by Crippen LogP contribution is 2.26. The molecule has 0 aliphatic rings. The smallest absolute Gasteiger partial charge is 0.211 e. The highest BCUT2D eigenvalue weighted by atomic mass is 35.5. The van der Waals surface area contributed by atoms with Crippen molar-refractivity contribution in [2.75, 3.05) is 6.54 Å². The number of nitrogens with one attached hydrogen (secondary N) is 1. The summed E-state index contributed by atoms with van der Waals surface area (Å²) in [5.74, 6) is 1.45. The van der Waals surface area contributed by atoms with Gasteiger partial charge in [0.25, 0.3) is 0 Å². The third kappa shape index (κ3) is 2.92. The summed E-state index contributed by atoms with van der Waals surface area (Å²) in [6.07, 6.45) is 1.74. The van der Waals surface area contributed by atoms with Gasteiger partial charge in [0.1, 0.15) is 0 Å². The fourth-order valence-corrected chi connectivity index (χ4v) is 2.18. The van der Waals surface area contributed by atoms with Crippen molar-refractivity contribution in [2.45, 2.75) is 26.8 Å². The van der Waals surface area contributed by atoms with Crippen molar-refractivity contribution in [3.63, 3.8) is 0 Å². The second-order valence-electron chi connectivity index (χ2n) is 4.36. The summed E-state index contributed by atoms with van der Waals surface area (Å²) in [6.45, 7) is 6.98. The minimum atomic E-state index is 0.115. The van der Waals surface area contributed by atoms with Crippen molar-refractivity contribution < 1.29 is 4.42 Å². The molecule has 0 aliphatic carbocycles. The van der Waals surface area contributed by atoms with Gasteiger partial charge in [-0.2, -0.15) is 0 Å². The van der Waals surface area contributed by atoms with E-state index in [0.717, 1.165) is 23.4 Å². The van der Waals surface area contributed by atoms with Crippen molar-refractivity contribution in [2.24, 2.45) is 0 Å². The van der Waals surface area contributed by atoms with Crippen LogP contribution in [0.2, 0.25) is 5.02 Å². The average Bonchev–Trinajstić information content (AvgIpc) is 2.77. The molecule has 1 aromatic heterocycles. The maximum absolute atomic E-state index is 6.04. The molecule has 18 heavy (non-hydrogen) atoms. The Balaban J connectivity index is 2.29. The van der Waals surface area contributed by atoms with E-state index in [0.29, 0.717) is 10.9 Å². The molecule has 0 aliphatic heterocycles. The zero-order chi connectivity index (χ0) is 13.1. The lowest BCUT2D eigenvalue weighted by Crippen LogP contribution is -2.17. The van der Waals surface area contributed by atoms with Crippen LogP contribution in [0.25, 0.3) is 11.3 Å². The number of aromatic nitrogens is 1. The molecular formula is C14H17ClN2O. The predicted molar refractivity (Wildman–Crippen MR) is 73.8 cm³/mol. The van der Waals surface area contributed by atoms with Gasteiger partial charge in [-0.3, -0.25) is 0 Å². The summed E-state index contributed by atoms with van der Waals surface area (Å²) in [5.41, 5.74) is 2.07. The number of rotatable bonds is 4. The highest BCUT2D eigenvalue weighted by Gasteiger charge is 2.12. The van der Waals surface area contributed by atoms with Crippen LogP contribution in [-0.2, 0) is 0 Å². The van der Waals surface area contributed by atoms with Crippen LogP contribution in [0.5, 0.6) is 0 Å². The van der Waals surface area contributed by atoms with Crippen LogP contribution >= 0.6 is 11.6 Å². The molecule has 0 spiro atoms. The van der Waals surface area contributed by atoms with Gasteiger partial charge in [-0.15, -0.1) is 0 Å². The van der Waals surface area contributed by atoms with Gasteiger partial charge in [-0.1, -0.05) is 18.5 Å². The molecule has 0 fully saturated rings. The zero-order valence-corrected chi connectivity index (χ0v) is 11.6. The van der Waals surface area contributed by atoms with Crippen LogP contribution in [0, 0.1) is 6.92 Å². The molecule has 0 amide bonds. The Morgan fingerprint density at radius 3 is 2.83 bits per heavy atom. The molecule has 0 saturated heterocycles. The summed E-state index contributed by atoms with van der Waals surface area (Å²) < 4.78 is 5.76. The monoisotopic (exact) mass is 264 g/mol. The average molecular weight is 265 g/mol. The SMILES string of the molecule is CCNC(C)c1ncc(-c2cc(C)cc(Cl)c2)o1. The van der Waals surface area contributed by atoms with Crippen LogP contribution in [0.15, 0.2) is 28.8 Å². The first kappa shape index (κ1) is 13.1. The molecule has 0 bridgehead atoms. The second-order valence-corrected chi connectivity index (χ2v) is 4.80. The first-order valence-corrected chi connectivity index (χ1v) is 6.44. The van der Waals surface area contributed by atoms with Crippen molar-refractivity contribution in [3.05, 3.63) is 40.9 Å². The molecule has 1 N–H and O–H groups in total. The van der Waals surface area contributed by atoms with Crippen LogP contribution in [0.3, 0.4) is 0 Å². The van der Waals surface area contributed by atoms with Gasteiger partial charge in [0.05, 0.1) is 12.2 Å². The first-order chi connectivity index (χ1) is 8.60. The maximum Gasteiger partial charge on any atom is 0.211 e. The van der Waals surface area contributed by atoms with E-state index in [4.69, 9.17) is 16.0 Å². The Kier molecular flexibility index (Phi) is 4.04. The van der Waals surface area contributed by atoms with E-state index in [2.05, 4.69) is 17.2 Å². The molecule has 1 heterocycles. The zero-order valence-electron chi connectivity index (χ0n) is 10.8. The lowest BCUT2D eigenvalue weighted by atomic mass is 10.1. The van der Waals surface area contributed by atoms with Crippen molar-refractivity contribution >= 4 is 11.6 Å². The summed E-state index contributed by atoms with van der Waals surface area (Å²) in [4.78, 5) is 4.30. The normalized spacial score (nSPS) is 12.7. The fourth-order valence-electron chi connectivity index (χ4n) is 1.89. The van der Waals surface area contributed by atoms with Gasteiger partial charge in [-0.25, -0.2) is 4.98 Å². The summed E-state index contributed by atoms with van der Waals surface area (Å²) >= 11 is 6.04. The van der Waals surface area contributed by atoms with Gasteiger partial charge in [0.15, 0.2) is 5.76 Å². The number of hydrogen-bond donors (Lipinski definition) is 1. The molecule has 1 unspecified atom stereocenters. The van der Waals surface area contributed by atoms with Gasteiger partial charge in [0.2, 0.25) is 5.89 Å². The second kappa shape index (κ2) is 5.55. The molecule has 1 aromatic carbocycles. The van der Waals surface area contributed by atoms with E-state index in [-0.39, 0.29) is 6.04 Å². The first-order valence-electron chi connectivity index (χ1n) is 6.07. The lowest BCUT2D eigenvalue weighted by Gasteiger charge is -2.07. The Hall–Kier alpha value is -1.32. The van der Waals surface area contributed by atoms with Crippen molar-refractivity contribution in [3.8, 4) is 11.3 Å².